The van der Waals surface area contributed by atoms with E-state index in [-0.39, 0.29) is 5.91 Å². The molecule has 0 fully saturated rings. The van der Waals surface area contributed by atoms with Gasteiger partial charge in [0.2, 0.25) is 0 Å². The fourth-order valence-electron chi connectivity index (χ4n) is 2.07. The van der Waals surface area contributed by atoms with Gasteiger partial charge in [0.25, 0.3) is 5.91 Å². The number of rotatable bonds is 2. The fourth-order valence-corrected chi connectivity index (χ4v) is 2.07. The van der Waals surface area contributed by atoms with Crippen molar-refractivity contribution in [2.24, 2.45) is 0 Å². The normalized spacial score (nSPS) is 14.4. The second-order valence-corrected chi connectivity index (χ2v) is 4.36. The van der Waals surface area contributed by atoms with Crippen LogP contribution in [0.2, 0.25) is 0 Å². The average molecular weight is 227 g/mol. The Kier molecular flexibility index (Phi) is 3.43. The van der Waals surface area contributed by atoms with Crippen molar-refractivity contribution in [2.75, 3.05) is 0 Å². The highest BCUT2D eigenvalue weighted by molar-refractivity contribution is 5.98. The van der Waals surface area contributed by atoms with Gasteiger partial charge in [0, 0.05) is 11.3 Å². The molecule has 0 aromatic heterocycles. The van der Waals surface area contributed by atoms with Gasteiger partial charge in [0.05, 0.1) is 0 Å². The Hall–Kier alpha value is -1.83. The molecular weight excluding hydrogens is 210 g/mol. The van der Waals surface area contributed by atoms with Crippen LogP contribution in [0.1, 0.15) is 34.3 Å². The fraction of sp³-hybridized carbons (Fsp3) is 0.267. The Morgan fingerprint density at radius 2 is 1.88 bits per heavy atom. The summed E-state index contributed by atoms with van der Waals surface area (Å²) in [7, 11) is 0. The highest BCUT2D eigenvalue weighted by Gasteiger charge is 2.12. The van der Waals surface area contributed by atoms with E-state index in [0.717, 1.165) is 35.2 Å². The van der Waals surface area contributed by atoms with Crippen molar-refractivity contribution in [3.63, 3.8) is 0 Å². The van der Waals surface area contributed by atoms with Crippen LogP contribution in [0.5, 0.6) is 0 Å². The number of hydrogen-bond acceptors (Lipinski definition) is 1. The van der Waals surface area contributed by atoms with Crippen molar-refractivity contribution >= 4 is 5.91 Å². The number of hydrogen-bond donors (Lipinski definition) is 1. The maximum Gasteiger partial charge on any atom is 0.256 e. The second-order valence-electron chi connectivity index (χ2n) is 4.36. The van der Waals surface area contributed by atoms with Crippen molar-refractivity contribution in [3.05, 3.63) is 58.8 Å². The molecule has 1 aromatic rings. The third-order valence-corrected chi connectivity index (χ3v) is 2.96. The first kappa shape index (κ1) is 11.6. The van der Waals surface area contributed by atoms with Crippen LogP contribution in [0.4, 0.5) is 0 Å². The number of carbonyl (C=O) groups excluding carboxylic acids is 1. The highest BCUT2D eigenvalue weighted by Crippen LogP contribution is 2.14. The van der Waals surface area contributed by atoms with Crippen molar-refractivity contribution in [1.29, 1.82) is 0 Å². The molecule has 1 aliphatic carbocycles. The first-order valence-electron chi connectivity index (χ1n) is 5.93. The molecule has 0 spiro atoms. The number of aryl methyl sites for hydroxylation is 2. The van der Waals surface area contributed by atoms with E-state index >= 15 is 0 Å². The van der Waals surface area contributed by atoms with Gasteiger partial charge in [-0.1, -0.05) is 30.4 Å². The van der Waals surface area contributed by atoms with Crippen LogP contribution in [0, 0.1) is 13.8 Å². The molecule has 0 aliphatic heterocycles. The minimum Gasteiger partial charge on any atom is -0.322 e. The molecule has 0 saturated carbocycles. The Bertz CT molecular complexity index is 477. The van der Waals surface area contributed by atoms with E-state index in [1.54, 1.807) is 0 Å². The molecule has 2 heteroatoms. The minimum absolute atomic E-state index is 0.0154. The van der Waals surface area contributed by atoms with Crippen LogP contribution in [-0.4, -0.2) is 5.91 Å². The van der Waals surface area contributed by atoms with Crippen LogP contribution in [-0.2, 0) is 0 Å². The standard InChI is InChI=1S/C15H17NO/c1-11-7-6-8-12(2)14(11)15(17)16-13-9-4-3-5-10-13/h4,6-10H,3,5H2,1-2H3,(H,16,17). The monoisotopic (exact) mass is 227 g/mol. The van der Waals surface area contributed by atoms with Crippen molar-refractivity contribution in [3.8, 4) is 0 Å². The van der Waals surface area contributed by atoms with E-state index in [0.29, 0.717) is 0 Å². The maximum absolute atomic E-state index is 12.2. The van der Waals surface area contributed by atoms with Gasteiger partial charge in [-0.05, 0) is 43.9 Å². The van der Waals surface area contributed by atoms with Gasteiger partial charge in [0.1, 0.15) is 0 Å². The third kappa shape index (κ3) is 2.64. The summed E-state index contributed by atoms with van der Waals surface area (Å²) in [6.07, 6.45) is 8.17. The predicted molar refractivity (Wildman–Crippen MR) is 69.8 cm³/mol. The van der Waals surface area contributed by atoms with Gasteiger partial charge in [-0.25, -0.2) is 0 Å². The van der Waals surface area contributed by atoms with Crippen LogP contribution in [0.3, 0.4) is 0 Å². The summed E-state index contributed by atoms with van der Waals surface area (Å²) in [6, 6.07) is 5.90. The van der Waals surface area contributed by atoms with E-state index in [9.17, 15) is 4.79 Å². The van der Waals surface area contributed by atoms with Crippen LogP contribution < -0.4 is 5.32 Å². The van der Waals surface area contributed by atoms with Crippen molar-refractivity contribution in [2.45, 2.75) is 26.7 Å². The topological polar surface area (TPSA) is 29.1 Å². The van der Waals surface area contributed by atoms with Gasteiger partial charge in [-0.2, -0.15) is 0 Å². The lowest BCUT2D eigenvalue weighted by atomic mass is 10.0. The summed E-state index contributed by atoms with van der Waals surface area (Å²) < 4.78 is 0. The summed E-state index contributed by atoms with van der Waals surface area (Å²) in [5, 5.41) is 2.95. The molecule has 2 nitrogen and oxygen atoms in total. The van der Waals surface area contributed by atoms with Crippen molar-refractivity contribution < 1.29 is 4.79 Å². The number of allylic oxidation sites excluding steroid dienone is 3. The molecule has 1 aromatic carbocycles. The van der Waals surface area contributed by atoms with E-state index in [2.05, 4.69) is 17.5 Å². The summed E-state index contributed by atoms with van der Waals surface area (Å²) in [5.74, 6) is -0.0154. The zero-order valence-electron chi connectivity index (χ0n) is 10.3. The van der Waals surface area contributed by atoms with Gasteiger partial charge >= 0.3 is 0 Å². The third-order valence-electron chi connectivity index (χ3n) is 2.96. The van der Waals surface area contributed by atoms with Gasteiger partial charge in [0.15, 0.2) is 0 Å². The van der Waals surface area contributed by atoms with Gasteiger partial charge in [-0.3, -0.25) is 4.79 Å². The molecule has 1 aliphatic rings. The lowest BCUT2D eigenvalue weighted by Gasteiger charge is -2.12. The molecule has 0 atom stereocenters. The molecule has 17 heavy (non-hydrogen) atoms. The number of benzene rings is 1. The summed E-state index contributed by atoms with van der Waals surface area (Å²) >= 11 is 0. The SMILES string of the molecule is Cc1cccc(C)c1C(=O)NC1=CCCC=C1. The van der Waals surface area contributed by atoms with E-state index in [1.807, 2.05) is 38.1 Å². The van der Waals surface area contributed by atoms with Crippen LogP contribution in [0.25, 0.3) is 0 Å². The molecule has 2 rings (SSSR count). The van der Waals surface area contributed by atoms with E-state index in [1.165, 1.54) is 0 Å². The Morgan fingerprint density at radius 1 is 1.18 bits per heavy atom. The molecule has 0 unspecified atom stereocenters. The molecule has 0 saturated heterocycles. The number of amides is 1. The summed E-state index contributed by atoms with van der Waals surface area (Å²) in [6.45, 7) is 3.93. The average Bonchev–Trinajstić information content (AvgIpc) is 2.30. The van der Waals surface area contributed by atoms with Crippen LogP contribution >= 0.6 is 0 Å². The molecule has 0 radical (unpaired) electrons. The number of nitrogens with one attached hydrogen (secondary N) is 1. The lowest BCUT2D eigenvalue weighted by Crippen LogP contribution is -2.24. The number of carbonyl (C=O) groups is 1. The van der Waals surface area contributed by atoms with Crippen molar-refractivity contribution in [1.82, 2.24) is 5.32 Å². The zero-order valence-corrected chi connectivity index (χ0v) is 10.3. The summed E-state index contributed by atoms with van der Waals surface area (Å²) in [5.41, 5.74) is 3.72. The molecule has 88 valence electrons. The molecule has 1 N–H and O–H groups in total. The van der Waals surface area contributed by atoms with E-state index in [4.69, 9.17) is 0 Å². The molecule has 0 heterocycles. The minimum atomic E-state index is -0.0154. The van der Waals surface area contributed by atoms with Crippen LogP contribution in [0.15, 0.2) is 42.1 Å². The predicted octanol–water partition coefficient (Wildman–Crippen LogP) is 3.27. The zero-order chi connectivity index (χ0) is 12.3. The Morgan fingerprint density at radius 3 is 2.47 bits per heavy atom. The largest absolute Gasteiger partial charge is 0.322 e. The maximum atomic E-state index is 12.2. The molecule has 0 bridgehead atoms. The first-order chi connectivity index (χ1) is 8.18. The van der Waals surface area contributed by atoms with Gasteiger partial charge in [-0.15, -0.1) is 0 Å². The van der Waals surface area contributed by atoms with E-state index < -0.39 is 0 Å². The first-order valence-corrected chi connectivity index (χ1v) is 5.93. The lowest BCUT2D eigenvalue weighted by molar-refractivity contribution is 0.0965. The summed E-state index contributed by atoms with van der Waals surface area (Å²) in [4.78, 5) is 12.2. The highest BCUT2D eigenvalue weighted by atomic mass is 16.1. The van der Waals surface area contributed by atoms with Gasteiger partial charge < -0.3 is 5.32 Å². The smallest absolute Gasteiger partial charge is 0.256 e. The molecule has 1 amide bonds. The quantitative estimate of drug-likeness (QED) is 0.825. The Balaban J connectivity index is 2.20. The molecular formula is C15H17NO. The Labute approximate surface area is 102 Å². The second kappa shape index (κ2) is 5.00.